The van der Waals surface area contributed by atoms with Gasteiger partial charge >= 0.3 is 5.97 Å². The number of halogens is 2. The molecule has 2 aromatic rings. The van der Waals surface area contributed by atoms with Crippen LogP contribution >= 0.6 is 11.6 Å². The second-order valence-electron chi connectivity index (χ2n) is 3.74. The summed E-state index contributed by atoms with van der Waals surface area (Å²) in [6.45, 7) is 0.0410. The monoisotopic (exact) mass is 285 g/mol. The van der Waals surface area contributed by atoms with E-state index in [1.807, 2.05) is 0 Å². The number of aromatic nitrogens is 1. The fourth-order valence-electron chi connectivity index (χ4n) is 1.59. The van der Waals surface area contributed by atoms with Crippen molar-refractivity contribution in [2.75, 3.05) is 7.11 Å². The van der Waals surface area contributed by atoms with Crippen LogP contribution < -0.4 is 0 Å². The molecule has 1 aromatic heterocycles. The van der Waals surface area contributed by atoms with Crippen molar-refractivity contribution >= 4 is 17.6 Å². The number of ether oxygens (including phenoxy) is 1. The molecule has 0 bridgehead atoms. The average molecular weight is 286 g/mol. The van der Waals surface area contributed by atoms with Crippen molar-refractivity contribution in [2.45, 2.75) is 6.61 Å². The van der Waals surface area contributed by atoms with Crippen LogP contribution in [0.2, 0.25) is 5.02 Å². The molecule has 0 unspecified atom stereocenters. The van der Waals surface area contributed by atoms with Gasteiger partial charge in [0.15, 0.2) is 11.5 Å². The summed E-state index contributed by atoms with van der Waals surface area (Å²) in [6, 6.07) is 3.90. The second kappa shape index (κ2) is 5.38. The Hall–Kier alpha value is -1.92. The zero-order valence-electron chi connectivity index (χ0n) is 9.81. The number of methoxy groups -OCH3 is 1. The number of rotatable bonds is 4. The minimum Gasteiger partial charge on any atom is -0.476 e. The van der Waals surface area contributed by atoms with Gasteiger partial charge in [-0.05, 0) is 12.1 Å². The first-order valence-corrected chi connectivity index (χ1v) is 5.58. The van der Waals surface area contributed by atoms with E-state index in [1.54, 1.807) is 0 Å². The molecule has 5 nitrogen and oxygen atoms in total. The van der Waals surface area contributed by atoms with Gasteiger partial charge in [-0.3, -0.25) is 0 Å². The number of benzene rings is 1. The summed E-state index contributed by atoms with van der Waals surface area (Å²) in [6.07, 6.45) is 0. The van der Waals surface area contributed by atoms with Crippen LogP contribution in [0.15, 0.2) is 22.7 Å². The number of hydrogen-bond donors (Lipinski definition) is 1. The van der Waals surface area contributed by atoms with Crippen molar-refractivity contribution in [3.63, 3.8) is 0 Å². The second-order valence-corrected chi connectivity index (χ2v) is 4.18. The molecule has 100 valence electrons. The van der Waals surface area contributed by atoms with Crippen LogP contribution in [0.25, 0.3) is 11.3 Å². The summed E-state index contributed by atoms with van der Waals surface area (Å²) in [5, 5.41) is 12.4. The van der Waals surface area contributed by atoms with Crippen molar-refractivity contribution in [1.82, 2.24) is 5.16 Å². The lowest BCUT2D eigenvalue weighted by molar-refractivity contribution is 0.0686. The largest absolute Gasteiger partial charge is 0.476 e. The van der Waals surface area contributed by atoms with Crippen LogP contribution in [0.3, 0.4) is 0 Å². The third kappa shape index (κ3) is 2.74. The Balaban J connectivity index is 2.51. The highest BCUT2D eigenvalue weighted by Gasteiger charge is 2.18. The van der Waals surface area contributed by atoms with Crippen molar-refractivity contribution in [3.05, 3.63) is 40.3 Å². The molecule has 1 N–H and O–H groups in total. The summed E-state index contributed by atoms with van der Waals surface area (Å²) in [7, 11) is 1.43. The maximum absolute atomic E-state index is 14.2. The zero-order chi connectivity index (χ0) is 14.0. The van der Waals surface area contributed by atoms with Gasteiger partial charge in [0.05, 0.1) is 12.2 Å². The quantitative estimate of drug-likeness (QED) is 0.935. The summed E-state index contributed by atoms with van der Waals surface area (Å²) in [5.74, 6) is -1.84. The predicted molar refractivity (Wildman–Crippen MR) is 64.6 cm³/mol. The van der Waals surface area contributed by atoms with Gasteiger partial charge in [-0.25, -0.2) is 9.18 Å². The normalized spacial score (nSPS) is 10.7. The molecule has 0 aliphatic rings. The SMILES string of the molecule is COCc1cc(Cl)cc(-c2cc(C(=O)O)no2)c1F. The molecule has 1 heterocycles. The third-order valence-corrected chi connectivity index (χ3v) is 2.63. The molecule has 0 saturated carbocycles. The lowest BCUT2D eigenvalue weighted by Crippen LogP contribution is -1.96. The van der Waals surface area contributed by atoms with Crippen LogP contribution in [0, 0.1) is 5.82 Å². The molecule has 0 aliphatic heterocycles. The van der Waals surface area contributed by atoms with E-state index in [-0.39, 0.29) is 34.2 Å². The minimum absolute atomic E-state index is 0.00486. The molecule has 0 saturated heterocycles. The van der Waals surface area contributed by atoms with Crippen molar-refractivity contribution in [1.29, 1.82) is 0 Å². The number of hydrogen-bond acceptors (Lipinski definition) is 4. The lowest BCUT2D eigenvalue weighted by atomic mass is 10.1. The smallest absolute Gasteiger partial charge is 0.358 e. The number of carboxylic acid groups (broad SMARTS) is 1. The number of aromatic carboxylic acids is 1. The maximum Gasteiger partial charge on any atom is 0.358 e. The van der Waals surface area contributed by atoms with E-state index in [9.17, 15) is 9.18 Å². The van der Waals surface area contributed by atoms with Gasteiger partial charge in [-0.15, -0.1) is 0 Å². The summed E-state index contributed by atoms with van der Waals surface area (Å²) < 4.78 is 23.8. The van der Waals surface area contributed by atoms with E-state index < -0.39 is 11.8 Å². The van der Waals surface area contributed by atoms with E-state index in [4.69, 9.17) is 26.0 Å². The Bertz CT molecular complexity index is 626. The van der Waals surface area contributed by atoms with Gasteiger partial charge in [0.2, 0.25) is 0 Å². The van der Waals surface area contributed by atoms with E-state index in [0.29, 0.717) is 0 Å². The van der Waals surface area contributed by atoms with Crippen LogP contribution in [0.1, 0.15) is 16.1 Å². The van der Waals surface area contributed by atoms with Gasteiger partial charge < -0.3 is 14.4 Å². The van der Waals surface area contributed by atoms with E-state index in [0.717, 1.165) is 6.07 Å². The summed E-state index contributed by atoms with van der Waals surface area (Å²) in [5.41, 5.74) is -0.0134. The van der Waals surface area contributed by atoms with E-state index in [2.05, 4.69) is 5.16 Å². The van der Waals surface area contributed by atoms with Gasteiger partial charge in [-0.1, -0.05) is 16.8 Å². The van der Waals surface area contributed by atoms with Crippen molar-refractivity contribution in [3.8, 4) is 11.3 Å². The lowest BCUT2D eigenvalue weighted by Gasteiger charge is -2.06. The van der Waals surface area contributed by atoms with Gasteiger partial charge in [-0.2, -0.15) is 0 Å². The molecule has 0 spiro atoms. The Morgan fingerprint density at radius 1 is 1.53 bits per heavy atom. The van der Waals surface area contributed by atoms with E-state index >= 15 is 0 Å². The molecule has 1 aromatic carbocycles. The highest BCUT2D eigenvalue weighted by atomic mass is 35.5. The van der Waals surface area contributed by atoms with Crippen LogP contribution in [-0.2, 0) is 11.3 Å². The molecular formula is C12H9ClFNO4. The molecule has 19 heavy (non-hydrogen) atoms. The number of carboxylic acids is 1. The van der Waals surface area contributed by atoms with Gasteiger partial charge in [0.25, 0.3) is 0 Å². The first kappa shape index (κ1) is 13.5. The van der Waals surface area contributed by atoms with Crippen LogP contribution in [0.5, 0.6) is 0 Å². The molecule has 0 fully saturated rings. The Labute approximate surface area is 112 Å². The predicted octanol–water partition coefficient (Wildman–Crippen LogP) is 2.98. The molecular weight excluding hydrogens is 277 g/mol. The van der Waals surface area contributed by atoms with Crippen molar-refractivity contribution in [2.24, 2.45) is 0 Å². The van der Waals surface area contributed by atoms with Crippen LogP contribution in [0.4, 0.5) is 4.39 Å². The summed E-state index contributed by atoms with van der Waals surface area (Å²) in [4.78, 5) is 10.7. The Morgan fingerprint density at radius 2 is 2.26 bits per heavy atom. The highest BCUT2D eigenvalue weighted by Crippen LogP contribution is 2.29. The fourth-order valence-corrected chi connectivity index (χ4v) is 1.83. The zero-order valence-corrected chi connectivity index (χ0v) is 10.6. The molecule has 0 atom stereocenters. The molecule has 2 rings (SSSR count). The first-order valence-electron chi connectivity index (χ1n) is 5.20. The van der Waals surface area contributed by atoms with E-state index in [1.165, 1.54) is 19.2 Å². The fraction of sp³-hybridized carbons (Fsp3) is 0.167. The maximum atomic E-state index is 14.2. The van der Waals surface area contributed by atoms with Gasteiger partial charge in [0.1, 0.15) is 5.82 Å². The summed E-state index contributed by atoms with van der Waals surface area (Å²) >= 11 is 5.88. The minimum atomic E-state index is -1.26. The highest BCUT2D eigenvalue weighted by molar-refractivity contribution is 6.31. The standard InChI is InChI=1S/C12H9ClFNO4/c1-18-5-6-2-7(13)3-8(11(6)14)10-4-9(12(16)17)15-19-10/h2-4H,5H2,1H3,(H,16,17). The molecule has 0 radical (unpaired) electrons. The Kier molecular flexibility index (Phi) is 3.82. The Morgan fingerprint density at radius 3 is 2.84 bits per heavy atom. The topological polar surface area (TPSA) is 72.6 Å². The number of nitrogens with zero attached hydrogens (tertiary/aromatic N) is 1. The van der Waals surface area contributed by atoms with Gasteiger partial charge in [0, 0.05) is 23.8 Å². The first-order chi connectivity index (χ1) is 9.02. The molecule has 0 aliphatic carbocycles. The molecule has 7 heteroatoms. The molecule has 0 amide bonds. The van der Waals surface area contributed by atoms with Crippen molar-refractivity contribution < 1.29 is 23.6 Å². The third-order valence-electron chi connectivity index (χ3n) is 2.41. The van der Waals surface area contributed by atoms with Crippen LogP contribution in [-0.4, -0.2) is 23.3 Å². The number of carbonyl (C=O) groups is 1. The average Bonchev–Trinajstić information content (AvgIpc) is 2.83.